The standard InChI is InChI=1S/C4H11N3O/c1-2-8-4(7)3(5)6/h2,5-7H2,1H3. The molecule has 0 aliphatic carbocycles. The molecule has 0 rings (SSSR count). The molecule has 6 N–H and O–H groups in total. The zero-order valence-corrected chi connectivity index (χ0v) is 4.85. The summed E-state index contributed by atoms with van der Waals surface area (Å²) in [6.07, 6.45) is 0. The maximum absolute atomic E-state index is 5.13. The van der Waals surface area contributed by atoms with Gasteiger partial charge in [-0.1, -0.05) is 0 Å². The Hall–Kier alpha value is -1.06. The topological polar surface area (TPSA) is 87.3 Å². The van der Waals surface area contributed by atoms with Crippen LogP contribution in [0.25, 0.3) is 0 Å². The molecular weight excluding hydrogens is 106 g/mol. The number of hydrogen-bond donors (Lipinski definition) is 3. The molecule has 4 nitrogen and oxygen atoms in total. The average Bonchev–Trinajstić information content (AvgIpc) is 1.67. The molecule has 0 aromatic heterocycles. The second-order valence-corrected chi connectivity index (χ2v) is 1.25. The molecule has 48 valence electrons. The van der Waals surface area contributed by atoms with Gasteiger partial charge in [-0.3, -0.25) is 0 Å². The number of nitrogens with two attached hydrogens (primary N) is 3. The molecule has 8 heavy (non-hydrogen) atoms. The van der Waals surface area contributed by atoms with E-state index < -0.39 is 0 Å². The molecule has 0 aromatic carbocycles. The van der Waals surface area contributed by atoms with Gasteiger partial charge < -0.3 is 21.9 Å². The molecule has 0 atom stereocenters. The highest BCUT2D eigenvalue weighted by atomic mass is 16.5. The molecule has 0 unspecified atom stereocenters. The van der Waals surface area contributed by atoms with Gasteiger partial charge in [0.25, 0.3) is 0 Å². The summed E-state index contributed by atoms with van der Waals surface area (Å²) in [5, 5.41) is 0. The Balaban J connectivity index is 3.62. The van der Waals surface area contributed by atoms with Crippen LogP contribution in [0.15, 0.2) is 11.7 Å². The fourth-order valence-electron chi connectivity index (χ4n) is 0.239. The molecule has 0 aliphatic rings. The van der Waals surface area contributed by atoms with Crippen LogP contribution in [0.2, 0.25) is 0 Å². The van der Waals surface area contributed by atoms with Crippen molar-refractivity contribution in [3.05, 3.63) is 11.7 Å². The van der Waals surface area contributed by atoms with Gasteiger partial charge in [-0.25, -0.2) is 0 Å². The van der Waals surface area contributed by atoms with Crippen LogP contribution in [-0.2, 0) is 4.74 Å². The van der Waals surface area contributed by atoms with E-state index in [1.165, 1.54) is 0 Å². The zero-order valence-electron chi connectivity index (χ0n) is 4.85. The lowest BCUT2D eigenvalue weighted by Gasteiger charge is -2.01. The molecule has 0 heterocycles. The molecule has 0 bridgehead atoms. The van der Waals surface area contributed by atoms with E-state index in [0.717, 1.165) is 0 Å². The number of ether oxygens (including phenoxy) is 1. The smallest absolute Gasteiger partial charge is 0.225 e. The van der Waals surface area contributed by atoms with Crippen LogP contribution < -0.4 is 17.2 Å². The summed E-state index contributed by atoms with van der Waals surface area (Å²) >= 11 is 0. The van der Waals surface area contributed by atoms with E-state index in [4.69, 9.17) is 21.9 Å². The molecule has 0 fully saturated rings. The van der Waals surface area contributed by atoms with E-state index in [9.17, 15) is 0 Å². The van der Waals surface area contributed by atoms with Gasteiger partial charge >= 0.3 is 0 Å². The molecule has 0 aromatic rings. The molecule has 0 saturated heterocycles. The first kappa shape index (κ1) is 6.94. The van der Waals surface area contributed by atoms with Gasteiger partial charge in [-0.2, -0.15) is 0 Å². The van der Waals surface area contributed by atoms with Crippen molar-refractivity contribution in [3.63, 3.8) is 0 Å². The van der Waals surface area contributed by atoms with Crippen molar-refractivity contribution < 1.29 is 4.74 Å². The first-order valence-electron chi connectivity index (χ1n) is 2.32. The van der Waals surface area contributed by atoms with Crippen molar-refractivity contribution in [2.45, 2.75) is 6.92 Å². The van der Waals surface area contributed by atoms with Crippen molar-refractivity contribution in [2.75, 3.05) is 6.61 Å². The van der Waals surface area contributed by atoms with E-state index in [1.807, 2.05) is 0 Å². The lowest BCUT2D eigenvalue weighted by molar-refractivity contribution is 0.221. The third-order valence-electron chi connectivity index (χ3n) is 0.584. The lowest BCUT2D eigenvalue weighted by Crippen LogP contribution is -2.18. The third kappa shape index (κ3) is 2.17. The summed E-state index contributed by atoms with van der Waals surface area (Å²) in [7, 11) is 0. The summed E-state index contributed by atoms with van der Waals surface area (Å²) < 4.78 is 4.71. The van der Waals surface area contributed by atoms with Crippen LogP contribution in [0.1, 0.15) is 6.92 Å². The summed E-state index contributed by atoms with van der Waals surface area (Å²) in [6.45, 7) is 2.29. The SMILES string of the molecule is CCOC(N)=C(N)N. The van der Waals surface area contributed by atoms with Gasteiger partial charge in [0.05, 0.1) is 6.61 Å². The maximum atomic E-state index is 5.13. The Morgan fingerprint density at radius 1 is 1.38 bits per heavy atom. The molecule has 0 saturated carbocycles. The largest absolute Gasteiger partial charge is 0.477 e. The van der Waals surface area contributed by atoms with Gasteiger partial charge in [0.1, 0.15) is 0 Å². The quantitative estimate of drug-likeness (QED) is 0.406. The highest BCUT2D eigenvalue weighted by molar-refractivity contribution is 4.94. The molecular formula is C4H11N3O. The summed E-state index contributed by atoms with van der Waals surface area (Å²) in [6, 6.07) is 0. The fourth-order valence-corrected chi connectivity index (χ4v) is 0.239. The normalized spacial score (nSPS) is 8.12. The first-order valence-corrected chi connectivity index (χ1v) is 2.32. The van der Waals surface area contributed by atoms with Gasteiger partial charge in [0, 0.05) is 0 Å². The summed E-state index contributed by atoms with van der Waals surface area (Å²) in [5.74, 6) is 0.138. The Labute approximate surface area is 48.3 Å². The minimum Gasteiger partial charge on any atom is -0.477 e. The second kappa shape index (κ2) is 3.01. The van der Waals surface area contributed by atoms with Crippen molar-refractivity contribution >= 4 is 0 Å². The minimum absolute atomic E-state index is 0.0341. The van der Waals surface area contributed by atoms with Crippen molar-refractivity contribution in [3.8, 4) is 0 Å². The maximum Gasteiger partial charge on any atom is 0.225 e. The van der Waals surface area contributed by atoms with Crippen molar-refractivity contribution in [1.82, 2.24) is 0 Å². The van der Waals surface area contributed by atoms with Crippen LogP contribution >= 0.6 is 0 Å². The summed E-state index contributed by atoms with van der Waals surface area (Å²) in [4.78, 5) is 0. The van der Waals surface area contributed by atoms with Crippen LogP contribution in [0.5, 0.6) is 0 Å². The molecule has 0 aliphatic heterocycles. The highest BCUT2D eigenvalue weighted by Crippen LogP contribution is 1.84. The number of hydrogen-bond acceptors (Lipinski definition) is 4. The highest BCUT2D eigenvalue weighted by Gasteiger charge is 1.89. The Bertz CT molecular complexity index is 95.5. The van der Waals surface area contributed by atoms with Crippen LogP contribution in [0.4, 0.5) is 0 Å². The summed E-state index contributed by atoms with van der Waals surface area (Å²) in [5.41, 5.74) is 15.2. The monoisotopic (exact) mass is 117 g/mol. The second-order valence-electron chi connectivity index (χ2n) is 1.25. The van der Waals surface area contributed by atoms with E-state index in [0.29, 0.717) is 6.61 Å². The van der Waals surface area contributed by atoms with Gasteiger partial charge in [-0.15, -0.1) is 0 Å². The minimum atomic E-state index is 0.0341. The van der Waals surface area contributed by atoms with Crippen molar-refractivity contribution in [2.24, 2.45) is 17.2 Å². The van der Waals surface area contributed by atoms with Crippen LogP contribution in [-0.4, -0.2) is 6.61 Å². The Kier molecular flexibility index (Phi) is 2.61. The number of rotatable bonds is 2. The van der Waals surface area contributed by atoms with E-state index in [2.05, 4.69) is 0 Å². The average molecular weight is 117 g/mol. The van der Waals surface area contributed by atoms with E-state index >= 15 is 0 Å². The predicted molar refractivity (Wildman–Crippen MR) is 31.2 cm³/mol. The third-order valence-corrected chi connectivity index (χ3v) is 0.584. The molecule has 0 amide bonds. The van der Waals surface area contributed by atoms with Gasteiger partial charge in [-0.05, 0) is 6.92 Å². The van der Waals surface area contributed by atoms with Gasteiger partial charge in [0.2, 0.25) is 5.88 Å². The first-order chi connectivity index (χ1) is 3.68. The Morgan fingerprint density at radius 3 is 2.00 bits per heavy atom. The molecule has 4 heteroatoms. The Morgan fingerprint density at radius 2 is 1.88 bits per heavy atom. The molecule has 0 radical (unpaired) electrons. The molecule has 0 spiro atoms. The fraction of sp³-hybridized carbons (Fsp3) is 0.500. The van der Waals surface area contributed by atoms with E-state index in [-0.39, 0.29) is 11.7 Å². The predicted octanol–water partition coefficient (Wildman–Crippen LogP) is -0.974. The van der Waals surface area contributed by atoms with Gasteiger partial charge in [0.15, 0.2) is 5.82 Å². The lowest BCUT2D eigenvalue weighted by atomic mass is 10.7. The van der Waals surface area contributed by atoms with Crippen LogP contribution in [0.3, 0.4) is 0 Å². The van der Waals surface area contributed by atoms with Crippen molar-refractivity contribution in [1.29, 1.82) is 0 Å². The van der Waals surface area contributed by atoms with E-state index in [1.54, 1.807) is 6.92 Å². The zero-order chi connectivity index (χ0) is 6.57. The van der Waals surface area contributed by atoms with Crippen LogP contribution in [0, 0.1) is 0 Å².